The molecule has 0 aliphatic heterocycles. The van der Waals surface area contributed by atoms with E-state index >= 15 is 0 Å². The predicted molar refractivity (Wildman–Crippen MR) is 115 cm³/mol. The van der Waals surface area contributed by atoms with Gasteiger partial charge in [-0.1, -0.05) is 49.4 Å². The first-order valence-corrected chi connectivity index (χ1v) is 9.88. The fourth-order valence-electron chi connectivity index (χ4n) is 2.93. The van der Waals surface area contributed by atoms with Crippen LogP contribution in [-0.2, 0) is 16.1 Å². The molecule has 0 radical (unpaired) electrons. The number of hydrogen-bond acceptors (Lipinski definition) is 4. The Kier molecular flexibility index (Phi) is 7.22. The zero-order chi connectivity index (χ0) is 20.5. The van der Waals surface area contributed by atoms with E-state index in [-0.39, 0.29) is 5.97 Å². The van der Waals surface area contributed by atoms with Gasteiger partial charge in [0.05, 0.1) is 13.2 Å². The number of carbonyl (C=O) groups is 1. The molecular weight excluding hydrogens is 364 g/mol. The number of aromatic nitrogens is 2. The van der Waals surface area contributed by atoms with E-state index in [1.807, 2.05) is 71.4 Å². The quantitative estimate of drug-likeness (QED) is 0.388. The Morgan fingerprint density at radius 1 is 1.07 bits per heavy atom. The second-order valence-corrected chi connectivity index (χ2v) is 6.56. The summed E-state index contributed by atoms with van der Waals surface area (Å²) in [5, 5.41) is 0. The van der Waals surface area contributed by atoms with Gasteiger partial charge in [-0.05, 0) is 42.7 Å². The number of rotatable bonds is 9. The van der Waals surface area contributed by atoms with E-state index in [4.69, 9.17) is 9.47 Å². The van der Waals surface area contributed by atoms with Gasteiger partial charge in [0, 0.05) is 18.9 Å². The van der Waals surface area contributed by atoms with Crippen LogP contribution in [0.2, 0.25) is 0 Å². The molecule has 0 bridgehead atoms. The fourth-order valence-corrected chi connectivity index (χ4v) is 2.93. The highest BCUT2D eigenvalue weighted by molar-refractivity contribution is 6.20. The Hall–Kier alpha value is -3.34. The second kappa shape index (κ2) is 10.3. The summed E-state index contributed by atoms with van der Waals surface area (Å²) in [6.07, 6.45) is 6.34. The standard InChI is InChI=1S/C24H26N2O3/c1-3-16-29-21-12-10-19(11-13-21)17-22(24(27)28-4-2)23-25-14-15-26(23)18-20-8-6-5-7-9-20/h5-15,17H,3-4,16,18H2,1-2H3. The maximum atomic E-state index is 12.7. The molecule has 0 aliphatic carbocycles. The van der Waals surface area contributed by atoms with Gasteiger partial charge in [-0.15, -0.1) is 0 Å². The van der Waals surface area contributed by atoms with Crippen molar-refractivity contribution in [3.8, 4) is 5.75 Å². The summed E-state index contributed by atoms with van der Waals surface area (Å²) in [6, 6.07) is 17.7. The summed E-state index contributed by atoms with van der Waals surface area (Å²) < 4.78 is 12.9. The van der Waals surface area contributed by atoms with Crippen molar-refractivity contribution in [1.82, 2.24) is 9.55 Å². The molecule has 29 heavy (non-hydrogen) atoms. The van der Waals surface area contributed by atoms with Crippen LogP contribution in [0.4, 0.5) is 0 Å². The molecular formula is C24H26N2O3. The normalized spacial score (nSPS) is 11.3. The second-order valence-electron chi connectivity index (χ2n) is 6.56. The monoisotopic (exact) mass is 390 g/mol. The summed E-state index contributed by atoms with van der Waals surface area (Å²) in [7, 11) is 0. The van der Waals surface area contributed by atoms with Crippen LogP contribution in [0.3, 0.4) is 0 Å². The third kappa shape index (κ3) is 5.57. The van der Waals surface area contributed by atoms with Crippen LogP contribution in [-0.4, -0.2) is 28.7 Å². The van der Waals surface area contributed by atoms with E-state index in [9.17, 15) is 4.79 Å². The lowest BCUT2D eigenvalue weighted by molar-refractivity contribution is -0.136. The number of hydrogen-bond donors (Lipinski definition) is 0. The predicted octanol–water partition coefficient (Wildman–Crippen LogP) is 4.82. The zero-order valence-electron chi connectivity index (χ0n) is 16.9. The molecule has 0 atom stereocenters. The molecule has 3 aromatic rings. The molecule has 0 spiro atoms. The summed E-state index contributed by atoms with van der Waals surface area (Å²) in [5.74, 6) is 1.00. The Labute approximate surface area is 171 Å². The third-order valence-electron chi connectivity index (χ3n) is 4.31. The zero-order valence-corrected chi connectivity index (χ0v) is 16.9. The maximum absolute atomic E-state index is 12.7. The number of esters is 1. The maximum Gasteiger partial charge on any atom is 0.341 e. The molecule has 0 N–H and O–H groups in total. The van der Waals surface area contributed by atoms with E-state index in [1.165, 1.54) is 0 Å². The first-order valence-electron chi connectivity index (χ1n) is 9.88. The van der Waals surface area contributed by atoms with Crippen molar-refractivity contribution < 1.29 is 14.3 Å². The minimum atomic E-state index is -0.390. The highest BCUT2D eigenvalue weighted by atomic mass is 16.5. The molecule has 150 valence electrons. The Bertz CT molecular complexity index is 944. The van der Waals surface area contributed by atoms with Crippen LogP contribution in [0.15, 0.2) is 67.0 Å². The average Bonchev–Trinajstić information content (AvgIpc) is 3.20. The van der Waals surface area contributed by atoms with Crippen molar-refractivity contribution in [1.29, 1.82) is 0 Å². The Morgan fingerprint density at radius 2 is 1.83 bits per heavy atom. The van der Waals surface area contributed by atoms with Gasteiger partial charge in [0.1, 0.15) is 17.1 Å². The SMILES string of the molecule is CCCOc1ccc(C=C(C(=O)OCC)c2nccn2Cc2ccccc2)cc1. The van der Waals surface area contributed by atoms with Crippen molar-refractivity contribution in [2.75, 3.05) is 13.2 Å². The number of nitrogens with zero attached hydrogens (tertiary/aromatic N) is 2. The lowest BCUT2D eigenvalue weighted by atomic mass is 10.1. The van der Waals surface area contributed by atoms with Crippen LogP contribution in [0.25, 0.3) is 11.6 Å². The van der Waals surface area contributed by atoms with E-state index < -0.39 is 0 Å². The Balaban J connectivity index is 1.91. The molecule has 5 heteroatoms. The first-order chi connectivity index (χ1) is 14.2. The van der Waals surface area contributed by atoms with Crippen LogP contribution in [0.1, 0.15) is 37.2 Å². The number of ether oxygens (including phenoxy) is 2. The minimum Gasteiger partial charge on any atom is -0.494 e. The molecule has 0 saturated carbocycles. The number of imidazole rings is 1. The molecule has 0 unspecified atom stereocenters. The minimum absolute atomic E-state index is 0.305. The average molecular weight is 390 g/mol. The van der Waals surface area contributed by atoms with Gasteiger partial charge in [-0.2, -0.15) is 0 Å². The van der Waals surface area contributed by atoms with Gasteiger partial charge in [-0.3, -0.25) is 0 Å². The highest BCUT2D eigenvalue weighted by Gasteiger charge is 2.19. The van der Waals surface area contributed by atoms with Crippen molar-refractivity contribution >= 4 is 17.6 Å². The van der Waals surface area contributed by atoms with Crippen LogP contribution in [0.5, 0.6) is 5.75 Å². The third-order valence-corrected chi connectivity index (χ3v) is 4.31. The summed E-state index contributed by atoms with van der Waals surface area (Å²) in [6.45, 7) is 5.47. The molecule has 0 saturated heterocycles. The van der Waals surface area contributed by atoms with Crippen LogP contribution in [0, 0.1) is 0 Å². The summed E-state index contributed by atoms with van der Waals surface area (Å²) >= 11 is 0. The summed E-state index contributed by atoms with van der Waals surface area (Å²) in [5.41, 5.74) is 2.44. The van der Waals surface area contributed by atoms with Gasteiger partial charge in [-0.25, -0.2) is 9.78 Å². The van der Waals surface area contributed by atoms with E-state index in [2.05, 4.69) is 11.9 Å². The van der Waals surface area contributed by atoms with Crippen molar-refractivity contribution in [2.45, 2.75) is 26.8 Å². The fraction of sp³-hybridized carbons (Fsp3) is 0.250. The highest BCUT2D eigenvalue weighted by Crippen LogP contribution is 2.22. The molecule has 2 aromatic carbocycles. The lowest BCUT2D eigenvalue weighted by Gasteiger charge is -2.11. The largest absolute Gasteiger partial charge is 0.494 e. The molecule has 0 fully saturated rings. The van der Waals surface area contributed by atoms with E-state index in [0.29, 0.717) is 31.2 Å². The van der Waals surface area contributed by atoms with E-state index in [0.717, 1.165) is 23.3 Å². The number of carbonyl (C=O) groups excluding carboxylic acids is 1. The topological polar surface area (TPSA) is 53.4 Å². The van der Waals surface area contributed by atoms with Gasteiger partial charge < -0.3 is 14.0 Å². The molecule has 3 rings (SSSR count). The summed E-state index contributed by atoms with van der Waals surface area (Å²) in [4.78, 5) is 17.1. The van der Waals surface area contributed by atoms with Crippen molar-refractivity contribution in [3.05, 3.63) is 83.9 Å². The smallest absolute Gasteiger partial charge is 0.341 e. The van der Waals surface area contributed by atoms with Crippen molar-refractivity contribution in [2.24, 2.45) is 0 Å². The van der Waals surface area contributed by atoms with Gasteiger partial charge in [0.15, 0.2) is 0 Å². The number of benzene rings is 2. The molecule has 0 amide bonds. The Morgan fingerprint density at radius 3 is 2.52 bits per heavy atom. The molecule has 5 nitrogen and oxygen atoms in total. The van der Waals surface area contributed by atoms with Crippen molar-refractivity contribution in [3.63, 3.8) is 0 Å². The van der Waals surface area contributed by atoms with Crippen LogP contribution < -0.4 is 4.74 Å². The van der Waals surface area contributed by atoms with Gasteiger partial charge >= 0.3 is 5.97 Å². The molecule has 0 aliphatic rings. The van der Waals surface area contributed by atoms with Gasteiger partial charge in [0.2, 0.25) is 0 Å². The van der Waals surface area contributed by atoms with E-state index in [1.54, 1.807) is 13.1 Å². The molecule has 1 heterocycles. The van der Waals surface area contributed by atoms with Gasteiger partial charge in [0.25, 0.3) is 0 Å². The molecule has 1 aromatic heterocycles. The van der Waals surface area contributed by atoms with Crippen LogP contribution >= 0.6 is 0 Å². The first kappa shape index (κ1) is 20.4. The lowest BCUT2D eigenvalue weighted by Crippen LogP contribution is -2.12.